The molecule has 0 aliphatic rings. The molecule has 1 aromatic heterocycles. The first kappa shape index (κ1) is 16.5. The van der Waals surface area contributed by atoms with Crippen LogP contribution >= 0.6 is 11.3 Å². The van der Waals surface area contributed by atoms with Gasteiger partial charge in [0.25, 0.3) is 0 Å². The average Bonchev–Trinajstić information content (AvgIpc) is 3.05. The van der Waals surface area contributed by atoms with E-state index in [-0.39, 0.29) is 11.9 Å². The Hall–Kier alpha value is -1.92. The monoisotopic (exact) mass is 321 g/mol. The molecule has 1 unspecified atom stereocenters. The number of thiophene rings is 1. The van der Waals surface area contributed by atoms with Crippen LogP contribution in [0, 0.1) is 5.82 Å². The molecule has 118 valence electrons. The number of nitrogens with one attached hydrogen (secondary N) is 2. The van der Waals surface area contributed by atoms with Crippen LogP contribution in [0.3, 0.4) is 0 Å². The zero-order valence-corrected chi connectivity index (χ0v) is 13.5. The van der Waals surface area contributed by atoms with Gasteiger partial charge in [-0.3, -0.25) is 4.99 Å². The van der Waals surface area contributed by atoms with Crippen molar-refractivity contribution in [3.63, 3.8) is 0 Å². The van der Waals surface area contributed by atoms with E-state index in [2.05, 4.69) is 21.7 Å². The van der Waals surface area contributed by atoms with Gasteiger partial charge in [0, 0.05) is 25.6 Å². The zero-order chi connectivity index (χ0) is 15.8. The summed E-state index contributed by atoms with van der Waals surface area (Å²) in [7, 11) is 3.36. The zero-order valence-electron chi connectivity index (χ0n) is 12.7. The molecule has 1 atom stereocenters. The maximum absolute atomic E-state index is 13.0. The molecule has 0 fully saturated rings. The summed E-state index contributed by atoms with van der Waals surface area (Å²) in [5.41, 5.74) is 0.921. The van der Waals surface area contributed by atoms with Gasteiger partial charge in [0.05, 0.1) is 12.6 Å². The molecule has 0 spiro atoms. The van der Waals surface area contributed by atoms with Crippen molar-refractivity contribution in [2.75, 3.05) is 20.7 Å². The molecule has 0 radical (unpaired) electrons. The van der Waals surface area contributed by atoms with Gasteiger partial charge >= 0.3 is 0 Å². The molecule has 1 heterocycles. The quantitative estimate of drug-likeness (QED) is 0.635. The normalized spacial score (nSPS) is 13.0. The second-order valence-corrected chi connectivity index (χ2v) is 5.69. The molecule has 0 amide bonds. The lowest BCUT2D eigenvalue weighted by molar-refractivity contribution is 0.106. The lowest BCUT2D eigenvalue weighted by Gasteiger charge is -2.18. The highest BCUT2D eigenvalue weighted by molar-refractivity contribution is 7.09. The Morgan fingerprint density at radius 1 is 1.27 bits per heavy atom. The van der Waals surface area contributed by atoms with Crippen molar-refractivity contribution in [2.45, 2.75) is 12.6 Å². The standard InChI is InChI=1S/C16H20FN3OS/c1-18-16(19-10-14-4-3-9-22-14)20-11-15(21-2)12-5-7-13(17)8-6-12/h3-9,15H,10-11H2,1-2H3,(H2,18,19,20). The summed E-state index contributed by atoms with van der Waals surface area (Å²) >= 11 is 1.70. The van der Waals surface area contributed by atoms with Crippen molar-refractivity contribution in [3.8, 4) is 0 Å². The van der Waals surface area contributed by atoms with Gasteiger partial charge in [0.2, 0.25) is 0 Å². The lowest BCUT2D eigenvalue weighted by atomic mass is 10.1. The Kier molecular flexibility index (Phi) is 6.36. The number of rotatable bonds is 6. The third-order valence-electron chi connectivity index (χ3n) is 3.21. The third kappa shape index (κ3) is 4.82. The molecule has 1 aromatic carbocycles. The van der Waals surface area contributed by atoms with Crippen LogP contribution in [0.2, 0.25) is 0 Å². The SMILES string of the molecule is CN=C(NCc1cccs1)NCC(OC)c1ccc(F)cc1. The molecule has 0 aliphatic carbocycles. The summed E-state index contributed by atoms with van der Waals surface area (Å²) in [6.07, 6.45) is -0.166. The number of hydrogen-bond donors (Lipinski definition) is 2. The number of guanidine groups is 1. The first-order chi connectivity index (χ1) is 10.7. The van der Waals surface area contributed by atoms with Gasteiger partial charge in [0.15, 0.2) is 5.96 Å². The summed E-state index contributed by atoms with van der Waals surface area (Å²) < 4.78 is 18.4. The van der Waals surface area contributed by atoms with Gasteiger partial charge < -0.3 is 15.4 Å². The minimum Gasteiger partial charge on any atom is -0.375 e. The fraction of sp³-hybridized carbons (Fsp3) is 0.312. The van der Waals surface area contributed by atoms with E-state index in [9.17, 15) is 4.39 Å². The van der Waals surface area contributed by atoms with Gasteiger partial charge in [-0.15, -0.1) is 11.3 Å². The van der Waals surface area contributed by atoms with Crippen molar-refractivity contribution in [1.29, 1.82) is 0 Å². The van der Waals surface area contributed by atoms with Gasteiger partial charge in [0.1, 0.15) is 5.82 Å². The maximum atomic E-state index is 13.0. The third-order valence-corrected chi connectivity index (χ3v) is 4.09. The van der Waals surface area contributed by atoms with Crippen molar-refractivity contribution < 1.29 is 9.13 Å². The molecule has 22 heavy (non-hydrogen) atoms. The van der Waals surface area contributed by atoms with Crippen LogP contribution in [0.4, 0.5) is 4.39 Å². The summed E-state index contributed by atoms with van der Waals surface area (Å²) in [5, 5.41) is 8.51. The smallest absolute Gasteiger partial charge is 0.191 e. The number of ether oxygens (including phenoxy) is 1. The molecular weight excluding hydrogens is 301 g/mol. The van der Waals surface area contributed by atoms with Crippen LogP contribution in [-0.4, -0.2) is 26.7 Å². The fourth-order valence-electron chi connectivity index (χ4n) is 2.01. The lowest BCUT2D eigenvalue weighted by Crippen LogP contribution is -2.39. The average molecular weight is 321 g/mol. The summed E-state index contributed by atoms with van der Waals surface area (Å²) in [4.78, 5) is 5.43. The second-order valence-electron chi connectivity index (χ2n) is 4.66. The fourth-order valence-corrected chi connectivity index (χ4v) is 2.65. The van der Waals surface area contributed by atoms with E-state index < -0.39 is 0 Å². The van der Waals surface area contributed by atoms with Crippen molar-refractivity contribution >= 4 is 17.3 Å². The Labute approximate surface area is 134 Å². The molecule has 2 aromatic rings. The topological polar surface area (TPSA) is 45.7 Å². The van der Waals surface area contributed by atoms with E-state index in [1.807, 2.05) is 11.4 Å². The Balaban J connectivity index is 1.86. The number of methoxy groups -OCH3 is 1. The van der Waals surface area contributed by atoms with Gasteiger partial charge in [-0.1, -0.05) is 18.2 Å². The maximum Gasteiger partial charge on any atom is 0.191 e. The number of benzene rings is 1. The van der Waals surface area contributed by atoms with Gasteiger partial charge in [-0.05, 0) is 29.1 Å². The molecule has 4 nitrogen and oxygen atoms in total. The van der Waals surface area contributed by atoms with E-state index in [0.29, 0.717) is 12.5 Å². The predicted molar refractivity (Wildman–Crippen MR) is 88.7 cm³/mol. The van der Waals surface area contributed by atoms with Crippen LogP contribution < -0.4 is 10.6 Å². The first-order valence-corrected chi connectivity index (χ1v) is 7.86. The molecule has 0 saturated heterocycles. The molecule has 0 saturated carbocycles. The number of nitrogens with zero attached hydrogens (tertiary/aromatic N) is 1. The van der Waals surface area contributed by atoms with E-state index >= 15 is 0 Å². The molecule has 6 heteroatoms. The summed E-state index contributed by atoms with van der Waals surface area (Å²) in [6.45, 7) is 1.28. The highest BCUT2D eigenvalue weighted by Crippen LogP contribution is 2.16. The highest BCUT2D eigenvalue weighted by Gasteiger charge is 2.11. The number of hydrogen-bond acceptors (Lipinski definition) is 3. The first-order valence-electron chi connectivity index (χ1n) is 6.98. The minimum atomic E-state index is -0.250. The van der Waals surface area contributed by atoms with Crippen molar-refractivity contribution in [3.05, 3.63) is 58.0 Å². The summed E-state index contributed by atoms with van der Waals surface area (Å²) in [5.74, 6) is 0.456. The van der Waals surface area contributed by atoms with Crippen molar-refractivity contribution in [1.82, 2.24) is 10.6 Å². The predicted octanol–water partition coefficient (Wildman–Crippen LogP) is 2.94. The summed E-state index contributed by atoms with van der Waals surface area (Å²) in [6, 6.07) is 10.4. The number of aliphatic imine (C=N–C) groups is 1. The largest absolute Gasteiger partial charge is 0.375 e. The van der Waals surface area contributed by atoms with Crippen LogP contribution in [-0.2, 0) is 11.3 Å². The highest BCUT2D eigenvalue weighted by atomic mass is 32.1. The Bertz CT molecular complexity index is 584. The van der Waals surface area contributed by atoms with Crippen LogP contribution in [0.1, 0.15) is 16.5 Å². The minimum absolute atomic E-state index is 0.166. The number of halogens is 1. The molecule has 2 N–H and O–H groups in total. The van der Waals surface area contributed by atoms with Gasteiger partial charge in [-0.25, -0.2) is 4.39 Å². The van der Waals surface area contributed by atoms with E-state index in [1.165, 1.54) is 17.0 Å². The van der Waals surface area contributed by atoms with Gasteiger partial charge in [-0.2, -0.15) is 0 Å². The second kappa shape index (κ2) is 8.51. The Morgan fingerprint density at radius 3 is 2.64 bits per heavy atom. The van der Waals surface area contributed by atoms with Crippen molar-refractivity contribution in [2.24, 2.45) is 4.99 Å². The van der Waals surface area contributed by atoms with E-state index in [4.69, 9.17) is 4.74 Å². The van der Waals surface area contributed by atoms with E-state index in [0.717, 1.165) is 12.1 Å². The molecule has 2 rings (SSSR count). The van der Waals surface area contributed by atoms with Crippen LogP contribution in [0.15, 0.2) is 46.8 Å². The van der Waals surface area contributed by atoms with Crippen LogP contribution in [0.5, 0.6) is 0 Å². The molecular formula is C16H20FN3OS. The molecule has 0 bridgehead atoms. The van der Waals surface area contributed by atoms with Crippen LogP contribution in [0.25, 0.3) is 0 Å². The Morgan fingerprint density at radius 2 is 2.05 bits per heavy atom. The molecule has 0 aliphatic heterocycles. The van der Waals surface area contributed by atoms with E-state index in [1.54, 1.807) is 37.6 Å².